The molecule has 0 saturated carbocycles. The summed E-state index contributed by atoms with van der Waals surface area (Å²) in [6.07, 6.45) is 2.07. The van der Waals surface area contributed by atoms with Crippen molar-refractivity contribution in [2.75, 3.05) is 13.2 Å². The third kappa shape index (κ3) is 7.06. The first-order valence-corrected chi connectivity index (χ1v) is 9.84. The molecule has 0 aliphatic rings. The van der Waals surface area contributed by atoms with Gasteiger partial charge in [0.1, 0.15) is 5.75 Å². The Kier molecular flexibility index (Phi) is 8.33. The van der Waals surface area contributed by atoms with Gasteiger partial charge >= 0.3 is 0 Å². The molecule has 0 bridgehead atoms. The van der Waals surface area contributed by atoms with E-state index in [2.05, 4.69) is 33.5 Å². The van der Waals surface area contributed by atoms with Crippen LogP contribution in [0.15, 0.2) is 53.0 Å². The average molecular weight is 433 g/mol. The Labute approximate surface area is 168 Å². The zero-order valence-corrected chi connectivity index (χ0v) is 17.2. The molecule has 1 atom stereocenters. The summed E-state index contributed by atoms with van der Waals surface area (Å²) in [5, 5.41) is 5.51. The summed E-state index contributed by atoms with van der Waals surface area (Å²) in [7, 11) is 0. The van der Waals surface area contributed by atoms with Gasteiger partial charge in [-0.2, -0.15) is 0 Å². The molecule has 2 aromatic rings. The fourth-order valence-corrected chi connectivity index (χ4v) is 2.69. The Morgan fingerprint density at radius 3 is 2.37 bits per heavy atom. The minimum absolute atomic E-state index is 0.0749. The molecule has 2 rings (SSSR count). The van der Waals surface area contributed by atoms with Gasteiger partial charge in [0.05, 0.1) is 19.2 Å². The van der Waals surface area contributed by atoms with Gasteiger partial charge in [-0.15, -0.1) is 0 Å². The maximum atomic E-state index is 12.2. The number of unbranched alkanes of at least 4 members (excludes halogenated alkanes) is 1. The highest BCUT2D eigenvalue weighted by atomic mass is 79.9. The van der Waals surface area contributed by atoms with Crippen molar-refractivity contribution in [1.82, 2.24) is 10.6 Å². The summed E-state index contributed by atoms with van der Waals surface area (Å²) in [5.74, 6) is 0.209. The van der Waals surface area contributed by atoms with Crippen molar-refractivity contribution < 1.29 is 14.3 Å². The van der Waals surface area contributed by atoms with E-state index in [0.29, 0.717) is 12.2 Å². The molecule has 0 radical (unpaired) electrons. The van der Waals surface area contributed by atoms with E-state index in [1.54, 1.807) is 24.3 Å². The van der Waals surface area contributed by atoms with Crippen molar-refractivity contribution in [2.45, 2.75) is 32.7 Å². The molecule has 0 fully saturated rings. The maximum absolute atomic E-state index is 12.2. The second kappa shape index (κ2) is 10.7. The van der Waals surface area contributed by atoms with Crippen LogP contribution in [0.1, 0.15) is 48.7 Å². The van der Waals surface area contributed by atoms with Crippen LogP contribution in [0, 0.1) is 0 Å². The quantitative estimate of drug-likeness (QED) is 0.582. The van der Waals surface area contributed by atoms with Crippen LogP contribution in [0.3, 0.4) is 0 Å². The first-order chi connectivity index (χ1) is 13.0. The van der Waals surface area contributed by atoms with Gasteiger partial charge in [0.25, 0.3) is 5.91 Å². The van der Waals surface area contributed by atoms with Gasteiger partial charge in [0, 0.05) is 10.0 Å². The van der Waals surface area contributed by atoms with Crippen LogP contribution >= 0.6 is 15.9 Å². The lowest BCUT2D eigenvalue weighted by atomic mass is 10.1. The molecule has 1 unspecified atom stereocenters. The zero-order chi connectivity index (χ0) is 19.6. The monoisotopic (exact) mass is 432 g/mol. The van der Waals surface area contributed by atoms with Gasteiger partial charge in [-0.25, -0.2) is 0 Å². The molecular weight excluding hydrogens is 408 g/mol. The van der Waals surface area contributed by atoms with Gasteiger partial charge in [0.2, 0.25) is 5.91 Å². The van der Waals surface area contributed by atoms with Crippen LogP contribution in [-0.4, -0.2) is 25.0 Å². The summed E-state index contributed by atoms with van der Waals surface area (Å²) in [5.41, 5.74) is 1.49. The molecule has 2 N–H and O–H groups in total. The van der Waals surface area contributed by atoms with Gasteiger partial charge in [-0.3, -0.25) is 9.59 Å². The molecule has 0 aliphatic heterocycles. The van der Waals surface area contributed by atoms with Crippen molar-refractivity contribution >= 4 is 27.7 Å². The summed E-state index contributed by atoms with van der Waals surface area (Å²) >= 11 is 3.39. The predicted octanol–water partition coefficient (Wildman–Crippen LogP) is 4.24. The number of carbonyl (C=O) groups is 2. The Morgan fingerprint density at radius 1 is 1.07 bits per heavy atom. The highest BCUT2D eigenvalue weighted by Crippen LogP contribution is 2.16. The van der Waals surface area contributed by atoms with Crippen LogP contribution in [0.4, 0.5) is 0 Å². The average Bonchev–Trinajstić information content (AvgIpc) is 2.67. The molecule has 144 valence electrons. The molecule has 0 aromatic heterocycles. The number of benzene rings is 2. The number of halogens is 1. The molecule has 2 amide bonds. The largest absolute Gasteiger partial charge is 0.494 e. The summed E-state index contributed by atoms with van der Waals surface area (Å²) in [6, 6.07) is 14.5. The smallest absolute Gasteiger partial charge is 0.251 e. The highest BCUT2D eigenvalue weighted by molar-refractivity contribution is 9.10. The van der Waals surface area contributed by atoms with Gasteiger partial charge in [-0.1, -0.05) is 41.4 Å². The summed E-state index contributed by atoms with van der Waals surface area (Å²) < 4.78 is 6.56. The van der Waals surface area contributed by atoms with Crippen LogP contribution in [-0.2, 0) is 4.79 Å². The summed E-state index contributed by atoms with van der Waals surface area (Å²) in [6.45, 7) is 4.60. The molecule has 5 nitrogen and oxygen atoms in total. The fraction of sp³-hybridized carbons (Fsp3) is 0.333. The molecule has 0 saturated heterocycles. The van der Waals surface area contributed by atoms with E-state index in [4.69, 9.17) is 4.74 Å². The number of ether oxygens (including phenoxy) is 1. The Bertz CT molecular complexity index is 745. The molecule has 0 heterocycles. The Morgan fingerprint density at radius 2 is 1.74 bits per heavy atom. The van der Waals surface area contributed by atoms with E-state index < -0.39 is 0 Å². The maximum Gasteiger partial charge on any atom is 0.251 e. The topological polar surface area (TPSA) is 67.4 Å². The second-order valence-electron chi connectivity index (χ2n) is 6.25. The molecule has 0 spiro atoms. The minimum atomic E-state index is -0.290. The number of hydrogen-bond donors (Lipinski definition) is 2. The Hall–Kier alpha value is -2.34. The minimum Gasteiger partial charge on any atom is -0.494 e. The number of hydrogen-bond acceptors (Lipinski definition) is 3. The molecule has 27 heavy (non-hydrogen) atoms. The van der Waals surface area contributed by atoms with Crippen molar-refractivity contribution in [2.24, 2.45) is 0 Å². The lowest BCUT2D eigenvalue weighted by molar-refractivity contribution is -0.120. The van der Waals surface area contributed by atoms with Crippen molar-refractivity contribution in [3.05, 3.63) is 64.1 Å². The van der Waals surface area contributed by atoms with E-state index in [1.807, 2.05) is 31.2 Å². The number of carbonyl (C=O) groups excluding carboxylic acids is 2. The van der Waals surface area contributed by atoms with Crippen molar-refractivity contribution in [3.8, 4) is 5.75 Å². The van der Waals surface area contributed by atoms with Crippen LogP contribution in [0.5, 0.6) is 5.75 Å². The molecule has 6 heteroatoms. The fourth-order valence-electron chi connectivity index (χ4n) is 2.43. The first-order valence-electron chi connectivity index (χ1n) is 9.05. The number of rotatable bonds is 9. The zero-order valence-electron chi connectivity index (χ0n) is 15.6. The predicted molar refractivity (Wildman–Crippen MR) is 110 cm³/mol. The SMILES string of the molecule is CCCCOc1ccc(C(=O)NCC(=O)NC(C)c2ccc(Br)cc2)cc1. The van der Waals surface area contributed by atoms with Gasteiger partial charge in [-0.05, 0) is 55.3 Å². The van der Waals surface area contributed by atoms with E-state index >= 15 is 0 Å². The third-order valence-corrected chi connectivity index (χ3v) is 4.57. The molecular formula is C21H25BrN2O3. The standard InChI is InChI=1S/C21H25BrN2O3/c1-3-4-13-27-19-11-7-17(8-12-19)21(26)23-14-20(25)24-15(2)16-5-9-18(22)10-6-16/h5-12,15H,3-4,13-14H2,1-2H3,(H,23,26)(H,24,25). The Balaban J connectivity index is 1.78. The second-order valence-corrected chi connectivity index (χ2v) is 7.17. The van der Waals surface area contributed by atoms with E-state index in [1.165, 1.54) is 0 Å². The normalized spacial score (nSPS) is 11.5. The lowest BCUT2D eigenvalue weighted by Crippen LogP contribution is -2.38. The first kappa shape index (κ1) is 21.0. The van der Waals surface area contributed by atoms with E-state index in [0.717, 1.165) is 28.6 Å². The van der Waals surface area contributed by atoms with E-state index in [9.17, 15) is 9.59 Å². The van der Waals surface area contributed by atoms with Crippen LogP contribution < -0.4 is 15.4 Å². The molecule has 0 aliphatic carbocycles. The van der Waals surface area contributed by atoms with Crippen LogP contribution in [0.2, 0.25) is 0 Å². The molecule has 2 aromatic carbocycles. The van der Waals surface area contributed by atoms with Gasteiger partial charge < -0.3 is 15.4 Å². The van der Waals surface area contributed by atoms with E-state index in [-0.39, 0.29) is 24.4 Å². The van der Waals surface area contributed by atoms with Crippen LogP contribution in [0.25, 0.3) is 0 Å². The van der Waals surface area contributed by atoms with Crippen molar-refractivity contribution in [1.29, 1.82) is 0 Å². The van der Waals surface area contributed by atoms with Crippen molar-refractivity contribution in [3.63, 3.8) is 0 Å². The number of nitrogens with one attached hydrogen (secondary N) is 2. The lowest BCUT2D eigenvalue weighted by Gasteiger charge is -2.15. The summed E-state index contributed by atoms with van der Waals surface area (Å²) in [4.78, 5) is 24.3. The highest BCUT2D eigenvalue weighted by Gasteiger charge is 2.12. The third-order valence-electron chi connectivity index (χ3n) is 4.04. The van der Waals surface area contributed by atoms with Gasteiger partial charge in [0.15, 0.2) is 0 Å². The number of amides is 2.